The van der Waals surface area contributed by atoms with E-state index in [-0.39, 0.29) is 5.41 Å². The van der Waals surface area contributed by atoms with Crippen LogP contribution in [0.4, 0.5) is 0 Å². The molecule has 0 saturated heterocycles. The monoisotopic (exact) mass is 290 g/mol. The van der Waals surface area contributed by atoms with Crippen LogP contribution in [-0.4, -0.2) is 11.5 Å². The largest absolute Gasteiger partial charge is 0.178 e. The Morgan fingerprint density at radius 3 is 2.28 bits per heavy atom. The Bertz CT molecular complexity index is 559. The fourth-order valence-electron chi connectivity index (χ4n) is 2.38. The average Bonchev–Trinajstić information content (AvgIpc) is 3.22. The van der Waals surface area contributed by atoms with Crippen molar-refractivity contribution in [2.45, 2.75) is 15.2 Å². The zero-order valence-electron chi connectivity index (χ0n) is 9.84. The Balaban J connectivity index is 2.17. The molecule has 0 unspecified atom stereocenters. The van der Waals surface area contributed by atoms with Crippen molar-refractivity contribution in [2.24, 2.45) is 0 Å². The van der Waals surface area contributed by atoms with Crippen molar-refractivity contribution in [1.29, 1.82) is 0 Å². The van der Waals surface area contributed by atoms with Gasteiger partial charge in [0.1, 0.15) is 0 Å². The lowest BCUT2D eigenvalue weighted by atomic mass is 9.77. The molecule has 0 aliphatic carbocycles. The minimum absolute atomic E-state index is 0.0810. The van der Waals surface area contributed by atoms with Gasteiger partial charge in [0.25, 0.3) is 0 Å². The molecule has 3 rings (SSSR count). The number of rotatable bonds is 4. The van der Waals surface area contributed by atoms with E-state index >= 15 is 0 Å². The van der Waals surface area contributed by atoms with Gasteiger partial charge >= 0.3 is 0 Å². The van der Waals surface area contributed by atoms with Crippen molar-refractivity contribution in [3.05, 3.63) is 59.7 Å². The summed E-state index contributed by atoms with van der Waals surface area (Å²) in [7, 11) is 0. The fourth-order valence-corrected chi connectivity index (χ4v) is 4.35. The second-order valence-electron chi connectivity index (χ2n) is 4.50. The number of fused-ring (bicyclic) bond motifs is 1. The van der Waals surface area contributed by atoms with Crippen molar-refractivity contribution >= 4 is 37.0 Å². The van der Waals surface area contributed by atoms with E-state index in [0.29, 0.717) is 0 Å². The third-order valence-electron chi connectivity index (χ3n) is 3.53. The van der Waals surface area contributed by atoms with Crippen LogP contribution in [0.5, 0.6) is 0 Å². The zero-order chi connectivity index (χ0) is 12.6. The standard InChI is InChI=1S/C15H14S3/c16-9-15(10-17,11-5-2-1-3-6-11)12-7-4-8-13-14(12)18-13/h1-8,16-17H,9-10H2. The molecule has 0 fully saturated rings. The number of hydrogen-bond acceptors (Lipinski definition) is 3. The summed E-state index contributed by atoms with van der Waals surface area (Å²) >= 11 is 11.1. The van der Waals surface area contributed by atoms with E-state index in [1.165, 1.54) is 20.9 Å². The van der Waals surface area contributed by atoms with Crippen LogP contribution in [0.2, 0.25) is 0 Å². The lowest BCUT2D eigenvalue weighted by molar-refractivity contribution is 0.655. The SMILES string of the molecule is SCC(CS)(c1ccccc1)c1cccc2c1S2. The van der Waals surface area contributed by atoms with Gasteiger partial charge in [0.15, 0.2) is 0 Å². The van der Waals surface area contributed by atoms with Crippen LogP contribution >= 0.6 is 37.0 Å². The quantitative estimate of drug-likeness (QED) is 0.534. The molecule has 0 amide bonds. The number of hydrogen-bond donors (Lipinski definition) is 2. The number of benzene rings is 2. The molecule has 0 atom stereocenters. The molecule has 2 aromatic carbocycles. The Kier molecular flexibility index (Phi) is 3.39. The molecule has 0 aromatic heterocycles. The molecule has 1 aliphatic rings. The smallest absolute Gasteiger partial charge is 0.0390 e. The van der Waals surface area contributed by atoms with Gasteiger partial charge in [-0.3, -0.25) is 0 Å². The summed E-state index contributed by atoms with van der Waals surface area (Å²) in [5.41, 5.74) is 2.60. The molecule has 2 aromatic rings. The lowest BCUT2D eigenvalue weighted by Gasteiger charge is -2.32. The van der Waals surface area contributed by atoms with Gasteiger partial charge in [0.05, 0.1) is 0 Å². The molecule has 1 aliphatic heterocycles. The van der Waals surface area contributed by atoms with Crippen molar-refractivity contribution in [2.75, 3.05) is 11.5 Å². The highest BCUT2D eigenvalue weighted by atomic mass is 32.2. The summed E-state index contributed by atoms with van der Waals surface area (Å²) in [6.45, 7) is 0. The van der Waals surface area contributed by atoms with Gasteiger partial charge in [-0.25, -0.2) is 0 Å². The van der Waals surface area contributed by atoms with Crippen molar-refractivity contribution < 1.29 is 0 Å². The van der Waals surface area contributed by atoms with Crippen LogP contribution in [0.1, 0.15) is 11.1 Å². The first-order valence-corrected chi connectivity index (χ1v) is 7.98. The van der Waals surface area contributed by atoms with E-state index in [4.69, 9.17) is 0 Å². The molecular weight excluding hydrogens is 276 g/mol. The summed E-state index contributed by atoms with van der Waals surface area (Å²) in [5.74, 6) is 1.55. The minimum Gasteiger partial charge on any atom is -0.178 e. The van der Waals surface area contributed by atoms with Gasteiger partial charge in [-0.1, -0.05) is 54.2 Å². The van der Waals surface area contributed by atoms with Crippen LogP contribution in [-0.2, 0) is 5.41 Å². The summed E-state index contributed by atoms with van der Waals surface area (Å²) in [5, 5.41) is 0. The van der Waals surface area contributed by atoms with Crippen LogP contribution < -0.4 is 0 Å². The van der Waals surface area contributed by atoms with E-state index in [9.17, 15) is 0 Å². The van der Waals surface area contributed by atoms with E-state index in [0.717, 1.165) is 11.5 Å². The molecule has 0 saturated carbocycles. The number of thiol groups is 2. The second kappa shape index (κ2) is 4.87. The third-order valence-corrected chi connectivity index (χ3v) is 5.61. The fraction of sp³-hybridized carbons (Fsp3) is 0.200. The lowest BCUT2D eigenvalue weighted by Crippen LogP contribution is -2.32. The van der Waals surface area contributed by atoms with Gasteiger partial charge < -0.3 is 0 Å². The van der Waals surface area contributed by atoms with E-state index in [1.807, 2.05) is 11.8 Å². The molecule has 0 nitrogen and oxygen atoms in total. The highest BCUT2D eigenvalue weighted by Gasteiger charge is 2.37. The van der Waals surface area contributed by atoms with Gasteiger partial charge in [-0.05, 0) is 17.2 Å². The molecule has 3 heteroatoms. The van der Waals surface area contributed by atoms with Crippen molar-refractivity contribution in [3.63, 3.8) is 0 Å². The maximum atomic E-state index is 4.62. The van der Waals surface area contributed by atoms with E-state index in [1.54, 1.807) is 0 Å². The third kappa shape index (κ3) is 1.89. The summed E-state index contributed by atoms with van der Waals surface area (Å²) in [6, 6.07) is 17.1. The highest BCUT2D eigenvalue weighted by Crippen LogP contribution is 2.54. The van der Waals surface area contributed by atoms with Crippen LogP contribution in [0.15, 0.2) is 58.3 Å². The van der Waals surface area contributed by atoms with Gasteiger partial charge in [0.2, 0.25) is 0 Å². The zero-order valence-corrected chi connectivity index (χ0v) is 12.4. The molecule has 1 heterocycles. The molecular formula is C15H14S3. The molecule has 0 radical (unpaired) electrons. The van der Waals surface area contributed by atoms with Gasteiger partial charge in [-0.15, -0.1) is 0 Å². The molecule has 0 N–H and O–H groups in total. The first-order chi connectivity index (χ1) is 8.81. The summed E-state index contributed by atoms with van der Waals surface area (Å²) in [4.78, 5) is 2.82. The average molecular weight is 290 g/mol. The Hall–Kier alpha value is -0.510. The highest BCUT2D eigenvalue weighted by molar-refractivity contribution is 8.05. The van der Waals surface area contributed by atoms with Crippen molar-refractivity contribution in [3.8, 4) is 0 Å². The normalized spacial score (nSPS) is 13.2. The second-order valence-corrected chi connectivity index (χ2v) is 6.18. The predicted octanol–water partition coefficient (Wildman–Crippen LogP) is 4.30. The van der Waals surface area contributed by atoms with Gasteiger partial charge in [-0.2, -0.15) is 25.3 Å². The first kappa shape index (κ1) is 12.5. The van der Waals surface area contributed by atoms with Crippen LogP contribution in [0, 0.1) is 0 Å². The molecule has 92 valence electrons. The van der Waals surface area contributed by atoms with Crippen LogP contribution in [0.3, 0.4) is 0 Å². The Morgan fingerprint density at radius 2 is 1.61 bits per heavy atom. The van der Waals surface area contributed by atoms with E-state index < -0.39 is 0 Å². The first-order valence-electron chi connectivity index (χ1n) is 5.90. The van der Waals surface area contributed by atoms with Crippen molar-refractivity contribution in [1.82, 2.24) is 0 Å². The summed E-state index contributed by atoms with van der Waals surface area (Å²) < 4.78 is 0. The van der Waals surface area contributed by atoms with Crippen LogP contribution in [0.25, 0.3) is 0 Å². The molecule has 0 bridgehead atoms. The Labute approximate surface area is 123 Å². The molecule has 18 heavy (non-hydrogen) atoms. The van der Waals surface area contributed by atoms with Gasteiger partial charge in [0, 0.05) is 26.7 Å². The maximum Gasteiger partial charge on any atom is 0.0390 e. The predicted molar refractivity (Wildman–Crippen MR) is 85.5 cm³/mol. The topological polar surface area (TPSA) is 0 Å². The summed E-state index contributed by atoms with van der Waals surface area (Å²) in [6.07, 6.45) is 0. The minimum atomic E-state index is -0.0810. The maximum absolute atomic E-state index is 4.62. The van der Waals surface area contributed by atoms with E-state index in [2.05, 4.69) is 73.8 Å². The Morgan fingerprint density at radius 1 is 0.889 bits per heavy atom. The molecule has 0 spiro atoms.